The summed E-state index contributed by atoms with van der Waals surface area (Å²) in [7, 11) is 0. The van der Waals surface area contributed by atoms with Gasteiger partial charge in [0.15, 0.2) is 0 Å². The Balaban J connectivity index is 1.57. The van der Waals surface area contributed by atoms with Crippen molar-refractivity contribution in [1.82, 2.24) is 10.7 Å². The van der Waals surface area contributed by atoms with Crippen molar-refractivity contribution in [3.05, 3.63) is 30.3 Å². The summed E-state index contributed by atoms with van der Waals surface area (Å²) in [6, 6.07) is 9.37. The van der Waals surface area contributed by atoms with Crippen molar-refractivity contribution < 1.29 is 9.53 Å². The molecule has 1 aliphatic rings. The fourth-order valence-electron chi connectivity index (χ4n) is 3.18. The summed E-state index contributed by atoms with van der Waals surface area (Å²) in [5, 5.41) is 2.93. The minimum absolute atomic E-state index is 0.133. The number of hydrazine groups is 1. The lowest BCUT2D eigenvalue weighted by molar-refractivity contribution is -0.122. The van der Waals surface area contributed by atoms with E-state index >= 15 is 0 Å². The first-order chi connectivity index (χ1) is 11.7. The van der Waals surface area contributed by atoms with Crippen molar-refractivity contribution >= 4 is 5.91 Å². The summed E-state index contributed by atoms with van der Waals surface area (Å²) in [6.45, 7) is 1.78. The highest BCUT2D eigenvalue weighted by molar-refractivity contribution is 5.81. The van der Waals surface area contributed by atoms with E-state index in [4.69, 9.17) is 16.3 Å². The van der Waals surface area contributed by atoms with Gasteiger partial charge in [0, 0.05) is 13.1 Å². The number of para-hydroxylation sites is 1. The molecule has 0 aromatic heterocycles. The van der Waals surface area contributed by atoms with Crippen LogP contribution in [0.4, 0.5) is 0 Å². The summed E-state index contributed by atoms with van der Waals surface area (Å²) in [5.74, 6) is 7.27. The van der Waals surface area contributed by atoms with Crippen molar-refractivity contribution in [2.75, 3.05) is 19.7 Å². The van der Waals surface area contributed by atoms with Crippen LogP contribution in [0.2, 0.25) is 0 Å². The van der Waals surface area contributed by atoms with Crippen molar-refractivity contribution in [3.63, 3.8) is 0 Å². The highest BCUT2D eigenvalue weighted by Crippen LogP contribution is 2.30. The number of rotatable bonds is 9. The lowest BCUT2D eigenvalue weighted by Crippen LogP contribution is -2.49. The van der Waals surface area contributed by atoms with E-state index in [0.29, 0.717) is 19.0 Å². The maximum Gasteiger partial charge on any atom is 0.238 e. The van der Waals surface area contributed by atoms with E-state index in [1.807, 2.05) is 30.3 Å². The number of nitrogens with one attached hydrogen (secondary N) is 2. The van der Waals surface area contributed by atoms with Crippen LogP contribution in [-0.4, -0.2) is 31.6 Å². The predicted molar refractivity (Wildman–Crippen MR) is 95.2 cm³/mol. The summed E-state index contributed by atoms with van der Waals surface area (Å²) in [5.41, 5.74) is 8.13. The average Bonchev–Trinajstić information content (AvgIpc) is 2.62. The molecule has 1 fully saturated rings. The Kier molecular flexibility index (Phi) is 8.01. The Morgan fingerprint density at radius 1 is 1.17 bits per heavy atom. The van der Waals surface area contributed by atoms with Crippen molar-refractivity contribution in [3.8, 4) is 5.75 Å². The lowest BCUT2D eigenvalue weighted by Gasteiger charge is -2.29. The van der Waals surface area contributed by atoms with Crippen LogP contribution in [0, 0.1) is 11.8 Å². The zero-order valence-electron chi connectivity index (χ0n) is 14.2. The fraction of sp³-hybridized carbons (Fsp3) is 0.611. The van der Waals surface area contributed by atoms with Crippen LogP contribution < -0.4 is 27.1 Å². The summed E-state index contributed by atoms with van der Waals surface area (Å²) in [6.07, 6.45) is 5.81. The number of nitrogens with two attached hydrogens (primary N) is 2. The van der Waals surface area contributed by atoms with Crippen LogP contribution >= 0.6 is 0 Å². The van der Waals surface area contributed by atoms with Gasteiger partial charge in [-0.3, -0.25) is 16.1 Å². The first-order valence-electron chi connectivity index (χ1n) is 8.83. The van der Waals surface area contributed by atoms with Gasteiger partial charge in [0.2, 0.25) is 5.91 Å². The van der Waals surface area contributed by atoms with E-state index in [1.165, 1.54) is 12.8 Å². The zero-order chi connectivity index (χ0) is 17.2. The Hall–Kier alpha value is -1.63. The molecule has 1 amide bonds. The van der Waals surface area contributed by atoms with Crippen molar-refractivity contribution in [1.29, 1.82) is 0 Å². The molecule has 6 N–H and O–H groups in total. The molecule has 1 aromatic carbocycles. The van der Waals surface area contributed by atoms with Crippen LogP contribution in [0.25, 0.3) is 0 Å². The number of hydrogen-bond acceptors (Lipinski definition) is 5. The first-order valence-corrected chi connectivity index (χ1v) is 8.83. The van der Waals surface area contributed by atoms with Crippen LogP contribution in [0.3, 0.4) is 0 Å². The molecule has 1 aromatic rings. The number of hydrogen-bond donors (Lipinski definition) is 4. The van der Waals surface area contributed by atoms with Gasteiger partial charge in [0.25, 0.3) is 0 Å². The Bertz CT molecular complexity index is 475. The second-order valence-electron chi connectivity index (χ2n) is 6.60. The Morgan fingerprint density at radius 3 is 2.50 bits per heavy atom. The van der Waals surface area contributed by atoms with E-state index in [-0.39, 0.29) is 5.91 Å². The molecule has 6 nitrogen and oxygen atoms in total. The number of ether oxygens (including phenoxy) is 1. The molecule has 1 atom stereocenters. The molecular weight excluding hydrogens is 304 g/mol. The van der Waals surface area contributed by atoms with Gasteiger partial charge in [-0.25, -0.2) is 0 Å². The third kappa shape index (κ3) is 6.47. The second-order valence-corrected chi connectivity index (χ2v) is 6.60. The summed E-state index contributed by atoms with van der Waals surface area (Å²) >= 11 is 0. The lowest BCUT2D eigenvalue weighted by atomic mass is 9.80. The second kappa shape index (κ2) is 10.3. The predicted octanol–water partition coefficient (Wildman–Crippen LogP) is 1.17. The van der Waals surface area contributed by atoms with E-state index < -0.39 is 6.04 Å². The molecule has 1 aliphatic carbocycles. The van der Waals surface area contributed by atoms with Crippen LogP contribution in [0.1, 0.15) is 32.1 Å². The molecule has 134 valence electrons. The molecule has 0 saturated heterocycles. The van der Waals surface area contributed by atoms with E-state index in [0.717, 1.165) is 37.5 Å². The quantitative estimate of drug-likeness (QED) is 0.401. The smallest absolute Gasteiger partial charge is 0.238 e. The molecule has 6 heteroatoms. The maximum absolute atomic E-state index is 11.8. The number of benzene rings is 1. The van der Waals surface area contributed by atoms with Gasteiger partial charge >= 0.3 is 0 Å². The van der Waals surface area contributed by atoms with Gasteiger partial charge in [-0.2, -0.15) is 0 Å². The zero-order valence-corrected chi connectivity index (χ0v) is 14.2. The standard InChI is InChI=1S/C18H30N4O2/c19-17(13-22-20)18(23)21-12-15-8-6-14(7-9-15)10-11-24-16-4-2-1-3-5-16/h1-5,14-15,17,22H,6-13,19-20H2,(H,21,23)/t14-,15+,17?. The molecule has 0 heterocycles. The Morgan fingerprint density at radius 2 is 1.83 bits per heavy atom. The molecule has 1 saturated carbocycles. The maximum atomic E-state index is 11.8. The summed E-state index contributed by atoms with van der Waals surface area (Å²) < 4.78 is 5.78. The van der Waals surface area contributed by atoms with Gasteiger partial charge in [-0.15, -0.1) is 0 Å². The third-order valence-corrected chi connectivity index (χ3v) is 4.74. The minimum Gasteiger partial charge on any atom is -0.494 e. The van der Waals surface area contributed by atoms with Crippen LogP contribution in [0.15, 0.2) is 30.3 Å². The third-order valence-electron chi connectivity index (χ3n) is 4.74. The molecule has 0 bridgehead atoms. The summed E-state index contributed by atoms with van der Waals surface area (Å²) in [4.78, 5) is 11.8. The van der Waals surface area contributed by atoms with Gasteiger partial charge in [0.1, 0.15) is 5.75 Å². The molecule has 0 spiro atoms. The number of carbonyl (C=O) groups excluding carboxylic acids is 1. The largest absolute Gasteiger partial charge is 0.494 e. The van der Waals surface area contributed by atoms with Crippen molar-refractivity contribution in [2.24, 2.45) is 23.4 Å². The highest BCUT2D eigenvalue weighted by Gasteiger charge is 2.22. The molecule has 0 radical (unpaired) electrons. The SMILES string of the molecule is NNCC(N)C(=O)NC[C@H]1CC[C@@H](CCOc2ccccc2)CC1. The topological polar surface area (TPSA) is 102 Å². The molecule has 24 heavy (non-hydrogen) atoms. The monoisotopic (exact) mass is 334 g/mol. The Labute approximate surface area is 144 Å². The number of carbonyl (C=O) groups is 1. The van der Waals surface area contributed by atoms with E-state index in [2.05, 4.69) is 10.7 Å². The van der Waals surface area contributed by atoms with Gasteiger partial charge in [-0.1, -0.05) is 18.2 Å². The van der Waals surface area contributed by atoms with Gasteiger partial charge in [0.05, 0.1) is 12.6 Å². The van der Waals surface area contributed by atoms with Crippen molar-refractivity contribution in [2.45, 2.75) is 38.1 Å². The minimum atomic E-state index is -0.582. The van der Waals surface area contributed by atoms with E-state index in [9.17, 15) is 4.79 Å². The highest BCUT2D eigenvalue weighted by atomic mass is 16.5. The molecule has 2 rings (SSSR count). The fourth-order valence-corrected chi connectivity index (χ4v) is 3.18. The van der Waals surface area contributed by atoms with Crippen LogP contribution in [-0.2, 0) is 4.79 Å². The molecular formula is C18H30N4O2. The van der Waals surface area contributed by atoms with Gasteiger partial charge in [-0.05, 0) is 56.1 Å². The van der Waals surface area contributed by atoms with E-state index in [1.54, 1.807) is 0 Å². The van der Waals surface area contributed by atoms with Gasteiger partial charge < -0.3 is 15.8 Å². The number of amides is 1. The normalized spacial score (nSPS) is 21.9. The van der Waals surface area contributed by atoms with Crippen LogP contribution in [0.5, 0.6) is 5.75 Å². The first kappa shape index (κ1) is 18.7. The molecule has 1 unspecified atom stereocenters. The average molecular weight is 334 g/mol. The molecule has 0 aliphatic heterocycles.